The van der Waals surface area contributed by atoms with Gasteiger partial charge < -0.3 is 10.2 Å². The summed E-state index contributed by atoms with van der Waals surface area (Å²) < 4.78 is 0. The fourth-order valence-corrected chi connectivity index (χ4v) is 2.72. The van der Waals surface area contributed by atoms with E-state index in [1.165, 1.54) is 0 Å². The summed E-state index contributed by atoms with van der Waals surface area (Å²) in [5.74, 6) is 0.685. The van der Waals surface area contributed by atoms with Gasteiger partial charge in [0.15, 0.2) is 0 Å². The minimum absolute atomic E-state index is 0.0264. The quantitative estimate of drug-likeness (QED) is 0.917. The van der Waals surface area contributed by atoms with Crippen molar-refractivity contribution >= 4 is 17.5 Å². The number of nitrogens with zero attached hydrogens (tertiary/aromatic N) is 1. The van der Waals surface area contributed by atoms with Gasteiger partial charge >= 0.3 is 0 Å². The SMILES string of the molecule is O=C(Nc1ccccc1)C1CCN(C(=O)C2CC2)CC1. The molecule has 1 heterocycles. The van der Waals surface area contributed by atoms with Crippen molar-refractivity contribution in [1.29, 1.82) is 0 Å². The Morgan fingerprint density at radius 2 is 1.60 bits per heavy atom. The van der Waals surface area contributed by atoms with Crippen molar-refractivity contribution in [2.45, 2.75) is 25.7 Å². The number of nitrogens with one attached hydrogen (secondary N) is 1. The average Bonchev–Trinajstić information content (AvgIpc) is 3.32. The number of para-hydroxylation sites is 1. The van der Waals surface area contributed by atoms with Crippen LogP contribution in [0.3, 0.4) is 0 Å². The van der Waals surface area contributed by atoms with Crippen LogP contribution in [-0.4, -0.2) is 29.8 Å². The van der Waals surface area contributed by atoms with Gasteiger partial charge in [0.05, 0.1) is 0 Å². The lowest BCUT2D eigenvalue weighted by molar-refractivity contribution is -0.135. The Morgan fingerprint density at radius 1 is 0.950 bits per heavy atom. The molecule has 1 saturated carbocycles. The summed E-state index contributed by atoms with van der Waals surface area (Å²) >= 11 is 0. The summed E-state index contributed by atoms with van der Waals surface area (Å²) in [7, 11) is 0. The lowest BCUT2D eigenvalue weighted by Crippen LogP contribution is -2.42. The summed E-state index contributed by atoms with van der Waals surface area (Å²) in [5.41, 5.74) is 0.842. The van der Waals surface area contributed by atoms with Crippen LogP contribution in [0.4, 0.5) is 5.69 Å². The van der Waals surface area contributed by atoms with Gasteiger partial charge in [-0.15, -0.1) is 0 Å². The number of anilines is 1. The number of amides is 2. The van der Waals surface area contributed by atoms with Crippen molar-refractivity contribution in [3.8, 4) is 0 Å². The first-order chi connectivity index (χ1) is 9.74. The van der Waals surface area contributed by atoms with E-state index in [1.807, 2.05) is 35.2 Å². The molecule has 1 aliphatic carbocycles. The van der Waals surface area contributed by atoms with Crippen molar-refractivity contribution in [3.05, 3.63) is 30.3 Å². The highest BCUT2D eigenvalue weighted by atomic mass is 16.2. The molecule has 0 atom stereocenters. The van der Waals surface area contributed by atoms with Crippen LogP contribution in [0.2, 0.25) is 0 Å². The van der Waals surface area contributed by atoms with Gasteiger partial charge in [-0.1, -0.05) is 18.2 Å². The highest BCUT2D eigenvalue weighted by Gasteiger charge is 2.35. The fourth-order valence-electron chi connectivity index (χ4n) is 2.72. The molecule has 20 heavy (non-hydrogen) atoms. The molecule has 4 nitrogen and oxygen atoms in total. The molecule has 4 heteroatoms. The van der Waals surface area contributed by atoms with Gasteiger partial charge in [-0.2, -0.15) is 0 Å². The first-order valence-electron chi connectivity index (χ1n) is 7.39. The molecule has 1 aromatic carbocycles. The zero-order chi connectivity index (χ0) is 13.9. The normalized spacial score (nSPS) is 19.7. The number of benzene rings is 1. The largest absolute Gasteiger partial charge is 0.342 e. The summed E-state index contributed by atoms with van der Waals surface area (Å²) in [5, 5.41) is 2.95. The van der Waals surface area contributed by atoms with Gasteiger partial charge in [-0.3, -0.25) is 9.59 Å². The van der Waals surface area contributed by atoms with Gasteiger partial charge in [0, 0.05) is 30.6 Å². The van der Waals surface area contributed by atoms with Crippen LogP contribution >= 0.6 is 0 Å². The molecule has 2 amide bonds. The first-order valence-corrected chi connectivity index (χ1v) is 7.39. The number of rotatable bonds is 3. The summed E-state index contributed by atoms with van der Waals surface area (Å²) in [6, 6.07) is 9.53. The molecule has 1 aliphatic heterocycles. The third-order valence-electron chi connectivity index (χ3n) is 4.15. The van der Waals surface area contributed by atoms with E-state index >= 15 is 0 Å². The highest BCUT2D eigenvalue weighted by molar-refractivity contribution is 5.92. The second kappa shape index (κ2) is 5.65. The van der Waals surface area contributed by atoms with Crippen molar-refractivity contribution in [3.63, 3.8) is 0 Å². The van der Waals surface area contributed by atoms with Crippen LogP contribution in [-0.2, 0) is 9.59 Å². The number of hydrogen-bond donors (Lipinski definition) is 1. The summed E-state index contributed by atoms with van der Waals surface area (Å²) in [6.07, 6.45) is 3.65. The maximum Gasteiger partial charge on any atom is 0.227 e. The first kappa shape index (κ1) is 13.2. The second-order valence-corrected chi connectivity index (χ2v) is 5.73. The molecular formula is C16H20N2O2. The standard InChI is InChI=1S/C16H20N2O2/c19-15(17-14-4-2-1-3-5-14)12-8-10-18(11-9-12)16(20)13-6-7-13/h1-5,12-13H,6-11H2,(H,17,19). The predicted molar refractivity (Wildman–Crippen MR) is 77.1 cm³/mol. The predicted octanol–water partition coefficient (Wildman–Crippen LogP) is 2.27. The molecule has 2 aliphatic rings. The van der Waals surface area contributed by atoms with Crippen LogP contribution in [0.25, 0.3) is 0 Å². The molecule has 0 radical (unpaired) electrons. The molecule has 1 saturated heterocycles. The van der Waals surface area contributed by atoms with Crippen LogP contribution in [0, 0.1) is 11.8 Å². The molecule has 1 N–H and O–H groups in total. The third kappa shape index (κ3) is 3.00. The van der Waals surface area contributed by atoms with Gasteiger partial charge in [0.25, 0.3) is 0 Å². The van der Waals surface area contributed by atoms with Crippen molar-refractivity contribution in [2.75, 3.05) is 18.4 Å². The molecule has 0 aromatic heterocycles. The third-order valence-corrected chi connectivity index (χ3v) is 4.15. The summed E-state index contributed by atoms with van der Waals surface area (Å²) in [6.45, 7) is 1.45. The van der Waals surface area contributed by atoms with Crippen LogP contribution in [0.1, 0.15) is 25.7 Å². The Hall–Kier alpha value is -1.84. The van der Waals surface area contributed by atoms with E-state index in [0.29, 0.717) is 5.91 Å². The van der Waals surface area contributed by atoms with E-state index in [2.05, 4.69) is 5.32 Å². The van der Waals surface area contributed by atoms with Gasteiger partial charge in [-0.25, -0.2) is 0 Å². The minimum Gasteiger partial charge on any atom is -0.342 e. The summed E-state index contributed by atoms with van der Waals surface area (Å²) in [4.78, 5) is 26.1. The van der Waals surface area contributed by atoms with Crippen molar-refractivity contribution in [2.24, 2.45) is 11.8 Å². The van der Waals surface area contributed by atoms with E-state index in [4.69, 9.17) is 0 Å². The topological polar surface area (TPSA) is 49.4 Å². The molecule has 0 spiro atoms. The van der Waals surface area contributed by atoms with Crippen LogP contribution < -0.4 is 5.32 Å². The molecule has 0 bridgehead atoms. The monoisotopic (exact) mass is 272 g/mol. The number of likely N-dealkylation sites (tertiary alicyclic amines) is 1. The average molecular weight is 272 g/mol. The Labute approximate surface area is 119 Å². The Balaban J connectivity index is 1.50. The molecular weight excluding hydrogens is 252 g/mol. The van der Waals surface area contributed by atoms with Gasteiger partial charge in [-0.05, 0) is 37.8 Å². The van der Waals surface area contributed by atoms with Crippen LogP contribution in [0.5, 0.6) is 0 Å². The molecule has 106 valence electrons. The van der Waals surface area contributed by atoms with Crippen molar-refractivity contribution in [1.82, 2.24) is 4.90 Å². The van der Waals surface area contributed by atoms with Gasteiger partial charge in [0.1, 0.15) is 0 Å². The molecule has 3 rings (SSSR count). The van der Waals surface area contributed by atoms with E-state index < -0.39 is 0 Å². The Kier molecular flexibility index (Phi) is 3.72. The number of hydrogen-bond acceptors (Lipinski definition) is 2. The van der Waals surface area contributed by atoms with E-state index in [0.717, 1.165) is 44.5 Å². The lowest BCUT2D eigenvalue weighted by Gasteiger charge is -2.31. The van der Waals surface area contributed by atoms with Crippen LogP contribution in [0.15, 0.2) is 30.3 Å². The van der Waals surface area contributed by atoms with E-state index in [1.54, 1.807) is 0 Å². The zero-order valence-corrected chi connectivity index (χ0v) is 11.5. The highest BCUT2D eigenvalue weighted by Crippen LogP contribution is 2.32. The van der Waals surface area contributed by atoms with Crippen molar-refractivity contribution < 1.29 is 9.59 Å². The maximum atomic E-state index is 12.2. The smallest absolute Gasteiger partial charge is 0.227 e. The molecule has 0 unspecified atom stereocenters. The van der Waals surface area contributed by atoms with Gasteiger partial charge in [0.2, 0.25) is 11.8 Å². The minimum atomic E-state index is 0.0264. The lowest BCUT2D eigenvalue weighted by atomic mass is 9.95. The Bertz CT molecular complexity index is 488. The Morgan fingerprint density at radius 3 is 2.20 bits per heavy atom. The zero-order valence-electron chi connectivity index (χ0n) is 11.5. The number of carbonyl (C=O) groups is 2. The fraction of sp³-hybridized carbons (Fsp3) is 0.500. The van der Waals surface area contributed by atoms with E-state index in [-0.39, 0.29) is 17.7 Å². The number of carbonyl (C=O) groups excluding carboxylic acids is 2. The number of piperidine rings is 1. The molecule has 1 aromatic rings. The molecule has 2 fully saturated rings. The van der Waals surface area contributed by atoms with E-state index in [9.17, 15) is 9.59 Å². The second-order valence-electron chi connectivity index (χ2n) is 5.73. The maximum absolute atomic E-state index is 12.2.